The van der Waals surface area contributed by atoms with Crippen molar-refractivity contribution in [2.45, 2.75) is 12.5 Å². The maximum absolute atomic E-state index is 12.6. The molecule has 0 unspecified atom stereocenters. The fourth-order valence-corrected chi connectivity index (χ4v) is 4.57. The Bertz CT molecular complexity index is 779. The van der Waals surface area contributed by atoms with Crippen LogP contribution in [0.2, 0.25) is 0 Å². The van der Waals surface area contributed by atoms with E-state index >= 15 is 0 Å². The average molecular weight is 436 g/mol. The van der Waals surface area contributed by atoms with E-state index in [2.05, 4.69) is 32.2 Å². The van der Waals surface area contributed by atoms with Crippen LogP contribution in [0.1, 0.15) is 17.3 Å². The molecule has 2 amide bonds. The number of likely N-dealkylation sites (N-methyl/N-ethyl adjacent to an activating group) is 1. The minimum atomic E-state index is -0.319. The number of carbonyl (C=O) groups is 2. The number of hydrogen-bond acceptors (Lipinski definition) is 4. The first kappa shape index (κ1) is 19.1. The zero-order chi connectivity index (χ0) is 18.7. The first-order valence-corrected chi connectivity index (χ1v) is 10.2. The van der Waals surface area contributed by atoms with Gasteiger partial charge in [0.1, 0.15) is 0 Å². The Morgan fingerprint density at radius 1 is 1.35 bits per heavy atom. The van der Waals surface area contributed by atoms with Crippen molar-refractivity contribution < 1.29 is 9.59 Å². The molecule has 0 radical (unpaired) electrons. The number of nitrogens with one attached hydrogen (secondary N) is 1. The maximum Gasteiger partial charge on any atom is 0.227 e. The highest BCUT2D eigenvalue weighted by atomic mass is 79.9. The fraction of sp³-hybridized carbons (Fsp3) is 0.368. The minimum absolute atomic E-state index is 0.0144. The monoisotopic (exact) mass is 435 g/mol. The van der Waals surface area contributed by atoms with Crippen LogP contribution in [-0.2, 0) is 9.59 Å². The van der Waals surface area contributed by atoms with E-state index in [4.69, 9.17) is 0 Å². The van der Waals surface area contributed by atoms with Gasteiger partial charge in [-0.1, -0.05) is 18.2 Å². The van der Waals surface area contributed by atoms with Crippen LogP contribution in [0.3, 0.4) is 0 Å². The molecule has 1 fully saturated rings. The van der Waals surface area contributed by atoms with Gasteiger partial charge in [-0.15, -0.1) is 11.3 Å². The number of benzene rings is 1. The highest BCUT2D eigenvalue weighted by Crippen LogP contribution is 2.31. The number of halogens is 1. The molecular formula is C19H22BrN3O2S. The van der Waals surface area contributed by atoms with Gasteiger partial charge in [0.25, 0.3) is 0 Å². The molecule has 2 atom stereocenters. The molecule has 0 saturated carbocycles. The summed E-state index contributed by atoms with van der Waals surface area (Å²) in [5.74, 6) is -0.392. The lowest BCUT2D eigenvalue weighted by molar-refractivity contribution is -0.126. The summed E-state index contributed by atoms with van der Waals surface area (Å²) in [6, 6.07) is 11.8. The SMILES string of the molecule is CN(C)[C@H](CNC(=O)[C@@H]1CC(=O)N(c2ccccc2Br)C1)c1cccs1. The fourth-order valence-electron chi connectivity index (χ4n) is 3.15. The maximum atomic E-state index is 12.6. The van der Waals surface area contributed by atoms with Gasteiger partial charge in [0.05, 0.1) is 17.6 Å². The number of nitrogens with zero attached hydrogens (tertiary/aromatic N) is 2. The second kappa shape index (κ2) is 8.33. The number of carbonyl (C=O) groups excluding carboxylic acids is 2. The van der Waals surface area contributed by atoms with Crippen molar-refractivity contribution in [1.29, 1.82) is 0 Å². The molecule has 3 rings (SSSR count). The predicted molar refractivity (Wildman–Crippen MR) is 108 cm³/mol. The molecule has 5 nitrogen and oxygen atoms in total. The standard InChI is InChI=1S/C19H22BrN3O2S/c1-22(2)16(17-8-5-9-26-17)11-21-19(25)13-10-18(24)23(12-13)15-7-4-3-6-14(15)20/h3-9,13,16H,10-12H2,1-2H3,(H,21,25)/t13-,16-/m1/s1. The van der Waals surface area contributed by atoms with Gasteiger partial charge < -0.3 is 15.1 Å². The van der Waals surface area contributed by atoms with Crippen LogP contribution in [0.4, 0.5) is 5.69 Å². The van der Waals surface area contributed by atoms with Crippen LogP contribution in [0.15, 0.2) is 46.3 Å². The Balaban J connectivity index is 1.62. The van der Waals surface area contributed by atoms with Crippen molar-refractivity contribution in [1.82, 2.24) is 10.2 Å². The highest BCUT2D eigenvalue weighted by molar-refractivity contribution is 9.10. The molecule has 1 aliphatic heterocycles. The van der Waals surface area contributed by atoms with Gasteiger partial charge in [-0.25, -0.2) is 0 Å². The first-order chi connectivity index (χ1) is 12.5. The number of thiophene rings is 1. The van der Waals surface area contributed by atoms with Gasteiger partial charge in [-0.2, -0.15) is 0 Å². The van der Waals surface area contributed by atoms with E-state index in [9.17, 15) is 9.59 Å². The van der Waals surface area contributed by atoms with Crippen molar-refractivity contribution in [2.75, 3.05) is 32.1 Å². The quantitative estimate of drug-likeness (QED) is 0.757. The summed E-state index contributed by atoms with van der Waals surface area (Å²) in [5.41, 5.74) is 0.817. The van der Waals surface area contributed by atoms with E-state index in [0.29, 0.717) is 13.1 Å². The van der Waals surface area contributed by atoms with Crippen LogP contribution in [0.25, 0.3) is 0 Å². The topological polar surface area (TPSA) is 52.7 Å². The number of anilines is 1. The van der Waals surface area contributed by atoms with Crippen molar-refractivity contribution in [2.24, 2.45) is 5.92 Å². The second-order valence-corrected chi connectivity index (χ2v) is 8.43. The van der Waals surface area contributed by atoms with Gasteiger partial charge in [0.2, 0.25) is 11.8 Å². The Labute approximate surface area is 166 Å². The van der Waals surface area contributed by atoms with Gasteiger partial charge in [0.15, 0.2) is 0 Å². The predicted octanol–water partition coefficient (Wildman–Crippen LogP) is 3.28. The lowest BCUT2D eigenvalue weighted by atomic mass is 10.1. The largest absolute Gasteiger partial charge is 0.354 e. The van der Waals surface area contributed by atoms with E-state index in [1.54, 1.807) is 16.2 Å². The van der Waals surface area contributed by atoms with E-state index in [1.807, 2.05) is 49.8 Å². The van der Waals surface area contributed by atoms with Crippen LogP contribution in [0, 0.1) is 5.92 Å². The van der Waals surface area contributed by atoms with Gasteiger partial charge in [-0.05, 0) is 53.6 Å². The number of para-hydroxylation sites is 1. The van der Waals surface area contributed by atoms with Crippen LogP contribution in [-0.4, -0.2) is 43.9 Å². The molecule has 26 heavy (non-hydrogen) atoms. The molecule has 2 aromatic rings. The molecule has 1 aliphatic rings. The van der Waals surface area contributed by atoms with E-state index in [0.717, 1.165) is 10.2 Å². The Morgan fingerprint density at radius 3 is 2.77 bits per heavy atom. The smallest absolute Gasteiger partial charge is 0.227 e. The molecule has 138 valence electrons. The second-order valence-electron chi connectivity index (χ2n) is 6.60. The zero-order valence-corrected chi connectivity index (χ0v) is 17.2. The molecule has 1 aromatic heterocycles. The Kier molecular flexibility index (Phi) is 6.11. The molecule has 1 N–H and O–H groups in total. The third kappa shape index (κ3) is 4.16. The summed E-state index contributed by atoms with van der Waals surface area (Å²) in [4.78, 5) is 30.0. The molecule has 0 aliphatic carbocycles. The normalized spacial score (nSPS) is 18.4. The van der Waals surface area contributed by atoms with E-state index in [-0.39, 0.29) is 30.2 Å². The van der Waals surface area contributed by atoms with E-state index < -0.39 is 0 Å². The van der Waals surface area contributed by atoms with Crippen molar-refractivity contribution >= 4 is 44.8 Å². The van der Waals surface area contributed by atoms with Crippen molar-refractivity contribution in [3.8, 4) is 0 Å². The zero-order valence-electron chi connectivity index (χ0n) is 14.8. The molecule has 0 bridgehead atoms. The lowest BCUT2D eigenvalue weighted by Gasteiger charge is -2.24. The Hall–Kier alpha value is -1.70. The van der Waals surface area contributed by atoms with Crippen molar-refractivity contribution in [3.63, 3.8) is 0 Å². The van der Waals surface area contributed by atoms with Gasteiger partial charge in [-0.3, -0.25) is 9.59 Å². The third-order valence-electron chi connectivity index (χ3n) is 4.60. The molecule has 2 heterocycles. The minimum Gasteiger partial charge on any atom is -0.354 e. The van der Waals surface area contributed by atoms with Crippen molar-refractivity contribution in [3.05, 3.63) is 51.1 Å². The first-order valence-electron chi connectivity index (χ1n) is 8.50. The van der Waals surface area contributed by atoms with Crippen LogP contribution >= 0.6 is 27.3 Å². The van der Waals surface area contributed by atoms with Crippen LogP contribution in [0.5, 0.6) is 0 Å². The summed E-state index contributed by atoms with van der Waals surface area (Å²) < 4.78 is 0.861. The third-order valence-corrected chi connectivity index (χ3v) is 6.25. The summed E-state index contributed by atoms with van der Waals surface area (Å²) >= 11 is 5.16. The molecule has 0 spiro atoms. The molecule has 1 aromatic carbocycles. The van der Waals surface area contributed by atoms with Gasteiger partial charge >= 0.3 is 0 Å². The van der Waals surface area contributed by atoms with Gasteiger partial charge in [0, 0.05) is 28.9 Å². The number of rotatable bonds is 6. The average Bonchev–Trinajstić information content (AvgIpc) is 3.25. The highest BCUT2D eigenvalue weighted by Gasteiger charge is 2.36. The summed E-state index contributed by atoms with van der Waals surface area (Å²) in [5, 5.41) is 5.08. The summed E-state index contributed by atoms with van der Waals surface area (Å²) in [7, 11) is 4.01. The summed E-state index contributed by atoms with van der Waals surface area (Å²) in [6.07, 6.45) is 0.249. The lowest BCUT2D eigenvalue weighted by Crippen LogP contribution is -2.38. The number of amides is 2. The Morgan fingerprint density at radius 2 is 2.12 bits per heavy atom. The molecule has 7 heteroatoms. The molecular weight excluding hydrogens is 414 g/mol. The summed E-state index contributed by atoms with van der Waals surface area (Å²) in [6.45, 7) is 0.949. The molecule has 1 saturated heterocycles. The number of hydrogen-bond donors (Lipinski definition) is 1. The van der Waals surface area contributed by atoms with Crippen LogP contribution < -0.4 is 10.2 Å². The van der Waals surface area contributed by atoms with E-state index in [1.165, 1.54) is 4.88 Å².